The molecule has 0 fully saturated rings. The number of hydrogen-bond acceptors (Lipinski definition) is 0. The highest BCUT2D eigenvalue weighted by Gasteiger charge is 2.10. The van der Waals surface area contributed by atoms with Gasteiger partial charge in [0, 0.05) is 6.42 Å². The molecule has 0 amide bonds. The smallest absolute Gasteiger partial charge is 0.0211 e. The van der Waals surface area contributed by atoms with Gasteiger partial charge in [0.05, 0.1) is 0 Å². The summed E-state index contributed by atoms with van der Waals surface area (Å²) in [6.45, 7) is 0. The van der Waals surface area contributed by atoms with Crippen molar-refractivity contribution in [3.8, 4) is 0 Å². The van der Waals surface area contributed by atoms with E-state index in [0.29, 0.717) is 0 Å². The normalized spacial score (nSPS) is 23.0. The molecule has 0 aliphatic heterocycles. The van der Waals surface area contributed by atoms with E-state index in [9.17, 15) is 0 Å². The molecule has 0 nitrogen and oxygen atoms in total. The van der Waals surface area contributed by atoms with E-state index in [4.69, 9.17) is 0 Å². The largest absolute Gasteiger partial charge is 0.0760 e. The number of hydrogen-bond donors (Lipinski definition) is 0. The van der Waals surface area contributed by atoms with Gasteiger partial charge in [0.1, 0.15) is 0 Å². The van der Waals surface area contributed by atoms with Crippen LogP contribution in [0.15, 0.2) is 35.5 Å². The highest BCUT2D eigenvalue weighted by Crippen LogP contribution is 2.28. The molecule has 0 heteroatoms. The SMILES string of the molecule is [C]1CC=C2C=CC=C12. The molecule has 38 valence electrons. The van der Waals surface area contributed by atoms with Crippen LogP contribution < -0.4 is 0 Å². The summed E-state index contributed by atoms with van der Waals surface area (Å²) >= 11 is 0. The maximum Gasteiger partial charge on any atom is 0.0211 e. The van der Waals surface area contributed by atoms with Crippen LogP contribution in [0.2, 0.25) is 0 Å². The molecule has 2 rings (SSSR count). The van der Waals surface area contributed by atoms with E-state index in [1.165, 1.54) is 11.1 Å². The number of rotatable bonds is 0. The van der Waals surface area contributed by atoms with Crippen molar-refractivity contribution >= 4 is 0 Å². The minimum atomic E-state index is 1.01. The fourth-order valence-electron chi connectivity index (χ4n) is 1.04. The molecule has 2 radical (unpaired) electrons. The van der Waals surface area contributed by atoms with Gasteiger partial charge in [-0.3, -0.25) is 0 Å². The lowest BCUT2D eigenvalue weighted by molar-refractivity contribution is 1.33. The van der Waals surface area contributed by atoms with E-state index in [1.54, 1.807) is 0 Å². The Kier molecular flexibility index (Phi) is 0.696. The molecule has 0 bridgehead atoms. The van der Waals surface area contributed by atoms with Crippen molar-refractivity contribution in [1.29, 1.82) is 0 Å². The molecule has 0 N–H and O–H groups in total. The van der Waals surface area contributed by atoms with Crippen molar-refractivity contribution in [2.24, 2.45) is 0 Å². The van der Waals surface area contributed by atoms with Gasteiger partial charge in [-0.05, 0) is 17.6 Å². The highest BCUT2D eigenvalue weighted by atomic mass is 14.1. The molecule has 0 saturated carbocycles. The second-order valence-electron chi connectivity index (χ2n) is 1.98. The molecular formula is C8H6. The Hall–Kier alpha value is -0.780. The van der Waals surface area contributed by atoms with Crippen LogP contribution in [0.1, 0.15) is 6.42 Å². The van der Waals surface area contributed by atoms with Crippen molar-refractivity contribution in [2.75, 3.05) is 0 Å². The average molecular weight is 102 g/mol. The molecule has 0 unspecified atom stereocenters. The zero-order valence-electron chi connectivity index (χ0n) is 4.52. The fraction of sp³-hybridized carbons (Fsp3) is 0.125. The summed E-state index contributed by atoms with van der Waals surface area (Å²) < 4.78 is 0. The Bertz CT molecular complexity index is 192. The third-order valence-electron chi connectivity index (χ3n) is 1.46. The van der Waals surface area contributed by atoms with Crippen molar-refractivity contribution in [1.82, 2.24) is 0 Å². The van der Waals surface area contributed by atoms with Gasteiger partial charge >= 0.3 is 0 Å². The van der Waals surface area contributed by atoms with E-state index >= 15 is 0 Å². The van der Waals surface area contributed by atoms with Gasteiger partial charge in [-0.25, -0.2) is 0 Å². The molecule has 2 aliphatic rings. The first kappa shape index (κ1) is 4.13. The standard InChI is InChI=1S/C8H6/c1-3-7-5-2-6-8(7)4-1/h1,3-5H,2H2. The average Bonchev–Trinajstić information content (AvgIpc) is 2.15. The van der Waals surface area contributed by atoms with Gasteiger partial charge in [-0.2, -0.15) is 0 Å². The maximum atomic E-state index is 3.22. The van der Waals surface area contributed by atoms with Crippen LogP contribution in [0.25, 0.3) is 0 Å². The second kappa shape index (κ2) is 1.35. The van der Waals surface area contributed by atoms with Crippen LogP contribution in [0.5, 0.6) is 0 Å². The van der Waals surface area contributed by atoms with Crippen LogP contribution in [0.3, 0.4) is 0 Å². The lowest BCUT2D eigenvalue weighted by Gasteiger charge is -1.86. The summed E-state index contributed by atoms with van der Waals surface area (Å²) in [7, 11) is 0. The molecule has 0 saturated heterocycles. The summed E-state index contributed by atoms with van der Waals surface area (Å²) in [5.74, 6) is 0. The molecule has 8 heavy (non-hydrogen) atoms. The summed E-state index contributed by atoms with van der Waals surface area (Å²) in [5, 5.41) is 0. The van der Waals surface area contributed by atoms with Gasteiger partial charge in [-0.1, -0.05) is 24.3 Å². The van der Waals surface area contributed by atoms with Gasteiger partial charge in [0.2, 0.25) is 0 Å². The first-order valence-electron chi connectivity index (χ1n) is 2.79. The van der Waals surface area contributed by atoms with Crippen LogP contribution in [0.4, 0.5) is 0 Å². The minimum Gasteiger partial charge on any atom is -0.0760 e. The molecule has 0 spiro atoms. The molecule has 0 aromatic heterocycles. The molecule has 0 aromatic carbocycles. The van der Waals surface area contributed by atoms with Crippen LogP contribution in [-0.4, -0.2) is 0 Å². The van der Waals surface area contributed by atoms with E-state index in [0.717, 1.165) is 6.42 Å². The number of allylic oxidation sites excluding steroid dienone is 6. The lowest BCUT2D eigenvalue weighted by atomic mass is 10.2. The predicted octanol–water partition coefficient (Wildman–Crippen LogP) is 1.89. The molecule has 2 aliphatic carbocycles. The van der Waals surface area contributed by atoms with Crippen LogP contribution in [0, 0.1) is 6.42 Å². The second-order valence-corrected chi connectivity index (χ2v) is 1.98. The fourth-order valence-corrected chi connectivity index (χ4v) is 1.04. The topological polar surface area (TPSA) is 0 Å². The Morgan fingerprint density at radius 2 is 2.50 bits per heavy atom. The minimum absolute atomic E-state index is 1.01. The predicted molar refractivity (Wildman–Crippen MR) is 33.2 cm³/mol. The van der Waals surface area contributed by atoms with Crippen molar-refractivity contribution in [2.45, 2.75) is 6.42 Å². The highest BCUT2D eigenvalue weighted by molar-refractivity contribution is 5.55. The third kappa shape index (κ3) is 0.401. The quantitative estimate of drug-likeness (QED) is 0.438. The summed E-state index contributed by atoms with van der Waals surface area (Å²) in [5.41, 5.74) is 2.63. The van der Waals surface area contributed by atoms with Gasteiger partial charge < -0.3 is 0 Å². The van der Waals surface area contributed by atoms with Crippen molar-refractivity contribution < 1.29 is 0 Å². The number of fused-ring (bicyclic) bond motifs is 1. The summed E-state index contributed by atoms with van der Waals surface area (Å²) in [4.78, 5) is 0. The Labute approximate surface area is 49.2 Å². The van der Waals surface area contributed by atoms with Gasteiger partial charge in [0.15, 0.2) is 0 Å². The van der Waals surface area contributed by atoms with E-state index in [-0.39, 0.29) is 0 Å². The molecule has 0 heterocycles. The molecule has 0 atom stereocenters. The molecule has 0 aromatic rings. The van der Waals surface area contributed by atoms with E-state index in [2.05, 4.69) is 30.7 Å². The Balaban J connectivity index is 2.49. The maximum absolute atomic E-state index is 3.22. The zero-order valence-corrected chi connectivity index (χ0v) is 4.52. The third-order valence-corrected chi connectivity index (χ3v) is 1.46. The Morgan fingerprint density at radius 1 is 1.50 bits per heavy atom. The van der Waals surface area contributed by atoms with Gasteiger partial charge in [0.25, 0.3) is 0 Å². The molecular weight excluding hydrogens is 96.1 g/mol. The van der Waals surface area contributed by atoms with Crippen LogP contribution in [-0.2, 0) is 0 Å². The van der Waals surface area contributed by atoms with E-state index in [1.807, 2.05) is 0 Å². The van der Waals surface area contributed by atoms with E-state index < -0.39 is 0 Å². The lowest BCUT2D eigenvalue weighted by Crippen LogP contribution is -1.70. The van der Waals surface area contributed by atoms with Crippen LogP contribution >= 0.6 is 0 Å². The summed E-state index contributed by atoms with van der Waals surface area (Å²) in [6.07, 6.45) is 12.7. The van der Waals surface area contributed by atoms with Crippen molar-refractivity contribution in [3.05, 3.63) is 41.9 Å². The van der Waals surface area contributed by atoms with Gasteiger partial charge in [-0.15, -0.1) is 0 Å². The first-order chi connectivity index (χ1) is 3.97. The first-order valence-corrected chi connectivity index (χ1v) is 2.79. The summed E-state index contributed by atoms with van der Waals surface area (Å²) in [6, 6.07) is 0. The van der Waals surface area contributed by atoms with Crippen molar-refractivity contribution in [3.63, 3.8) is 0 Å². The Morgan fingerprint density at radius 3 is 3.38 bits per heavy atom. The zero-order chi connectivity index (χ0) is 5.40. The monoisotopic (exact) mass is 102 g/mol.